The van der Waals surface area contributed by atoms with Gasteiger partial charge in [-0.1, -0.05) is 59.6 Å². The number of ether oxygens (including phenoxy) is 1. The fourth-order valence-corrected chi connectivity index (χ4v) is 6.14. The Morgan fingerprint density at radius 3 is 2.40 bits per heavy atom. The Hall–Kier alpha value is -2.35. The number of aliphatic imine (C=N–C) groups is 1. The molecule has 0 amide bonds. The van der Waals surface area contributed by atoms with Gasteiger partial charge in [0.05, 0.1) is 29.2 Å². The maximum absolute atomic E-state index is 12.4. The van der Waals surface area contributed by atoms with Gasteiger partial charge in [-0.05, 0) is 47.7 Å². The van der Waals surface area contributed by atoms with E-state index in [0.717, 1.165) is 21.2 Å². The van der Waals surface area contributed by atoms with Crippen molar-refractivity contribution in [2.24, 2.45) is 4.99 Å². The number of halogens is 4. The molecule has 1 unspecified atom stereocenters. The molecule has 2 aliphatic rings. The van der Waals surface area contributed by atoms with Crippen molar-refractivity contribution in [1.82, 2.24) is 4.90 Å². The van der Waals surface area contributed by atoms with E-state index in [9.17, 15) is 9.90 Å². The minimum atomic E-state index is -1.28. The van der Waals surface area contributed by atoms with Crippen molar-refractivity contribution in [2.45, 2.75) is 13.0 Å². The van der Waals surface area contributed by atoms with Crippen molar-refractivity contribution in [3.8, 4) is 5.75 Å². The van der Waals surface area contributed by atoms with E-state index >= 15 is 0 Å². The van der Waals surface area contributed by atoms with Gasteiger partial charge in [0.2, 0.25) is 0 Å². The lowest BCUT2D eigenvalue weighted by Gasteiger charge is -2.36. The molecule has 5 nitrogen and oxygen atoms in total. The fraction of sp³-hybridized carbons (Fsp3) is 0.120. The molecule has 2 heterocycles. The number of methoxy groups -OCH3 is 1. The first-order valence-corrected chi connectivity index (χ1v) is 11.7. The second kappa shape index (κ2) is 10.7. The van der Waals surface area contributed by atoms with Gasteiger partial charge >= 0.3 is 0 Å². The highest BCUT2D eigenvalue weighted by Crippen LogP contribution is 2.51. The predicted molar refractivity (Wildman–Crippen MR) is 147 cm³/mol. The number of hydrogen-bond acceptors (Lipinski definition) is 6. The summed E-state index contributed by atoms with van der Waals surface area (Å²) in [5, 5.41) is 15.9. The second-order valence-electron chi connectivity index (χ2n) is 7.59. The van der Waals surface area contributed by atoms with E-state index in [-0.39, 0.29) is 30.4 Å². The van der Waals surface area contributed by atoms with E-state index in [1.807, 2.05) is 47.5 Å². The third-order valence-electron chi connectivity index (χ3n) is 5.74. The first-order chi connectivity index (χ1) is 15.9. The molecule has 182 valence electrons. The molecule has 0 aromatic heterocycles. The van der Waals surface area contributed by atoms with E-state index < -0.39 is 12.0 Å². The quantitative estimate of drug-likeness (QED) is 0.360. The molecule has 0 spiro atoms. The molecule has 5 rings (SSSR count). The minimum Gasteiger partial charge on any atom is -0.545 e. The lowest BCUT2D eigenvalue weighted by molar-refractivity contribution is -0.300. The number of hydrogen-bond donors (Lipinski definition) is 0. The average Bonchev–Trinajstić information content (AvgIpc) is 3.20. The molecule has 1 atom stereocenters. The molecule has 3 aromatic rings. The van der Waals surface area contributed by atoms with Gasteiger partial charge in [-0.3, -0.25) is 0 Å². The van der Waals surface area contributed by atoms with Gasteiger partial charge < -0.3 is 19.5 Å². The van der Waals surface area contributed by atoms with Crippen LogP contribution in [0.3, 0.4) is 0 Å². The summed E-state index contributed by atoms with van der Waals surface area (Å²) >= 11 is 14.3. The zero-order valence-electron chi connectivity index (χ0n) is 18.5. The number of carbonyl (C=O) groups is 1. The monoisotopic (exact) mass is 567 g/mol. The Morgan fingerprint density at radius 2 is 1.74 bits per heavy atom. The van der Waals surface area contributed by atoms with E-state index in [2.05, 4.69) is 4.99 Å². The number of carboxylic acid groups (broad SMARTS) is 1. The number of fused-ring (bicyclic) bond motifs is 2. The molecule has 0 radical (unpaired) electrons. The first kappa shape index (κ1) is 27.2. The van der Waals surface area contributed by atoms with Gasteiger partial charge in [-0.2, -0.15) is 0 Å². The summed E-state index contributed by atoms with van der Waals surface area (Å²) in [4.78, 5) is 19.5. The lowest BCUT2D eigenvalue weighted by Crippen LogP contribution is -2.38. The largest absolute Gasteiger partial charge is 0.545 e. The molecule has 3 aromatic carbocycles. The topological polar surface area (TPSA) is 65.0 Å². The van der Waals surface area contributed by atoms with Gasteiger partial charge in [0.1, 0.15) is 5.75 Å². The molecule has 0 bridgehead atoms. The minimum absolute atomic E-state index is 0. The van der Waals surface area contributed by atoms with Crippen LogP contribution >= 0.6 is 59.8 Å². The highest BCUT2D eigenvalue weighted by molar-refractivity contribution is 8.22. The van der Waals surface area contributed by atoms with E-state index in [0.29, 0.717) is 32.2 Å². The summed E-state index contributed by atoms with van der Waals surface area (Å²) in [7, 11) is 1.57. The first-order valence-electron chi connectivity index (χ1n) is 10.1. The van der Waals surface area contributed by atoms with Crippen molar-refractivity contribution < 1.29 is 14.6 Å². The molecule has 0 N–H and O–H groups in total. The number of aliphatic carboxylic acids is 1. The molecule has 0 aliphatic carbocycles. The highest BCUT2D eigenvalue weighted by Gasteiger charge is 2.39. The summed E-state index contributed by atoms with van der Waals surface area (Å²) in [5.41, 5.74) is 1.87. The van der Waals surface area contributed by atoms with Crippen LogP contribution in [0, 0.1) is 0 Å². The summed E-state index contributed by atoms with van der Waals surface area (Å²) in [6.45, 7) is 1.68. The third kappa shape index (κ3) is 4.61. The number of carbonyl (C=O) groups excluding carboxylic acids is 1. The van der Waals surface area contributed by atoms with Gasteiger partial charge in [0.25, 0.3) is 0 Å². The number of nitrogens with zero attached hydrogens (tertiary/aromatic N) is 2. The number of benzene rings is 3. The maximum atomic E-state index is 12.4. The number of carboxylic acids is 1. The van der Waals surface area contributed by atoms with Gasteiger partial charge in [0, 0.05) is 33.5 Å². The maximum Gasteiger partial charge on any atom is 0.173 e. The Balaban J connectivity index is 0.00000171. The third-order valence-corrected chi connectivity index (χ3v) is 7.38. The predicted octanol–water partition coefficient (Wildman–Crippen LogP) is 6.48. The molecular weight excluding hydrogens is 550 g/mol. The zero-order valence-corrected chi connectivity index (χ0v) is 22.4. The Morgan fingerprint density at radius 1 is 1.06 bits per heavy atom. The number of allylic oxidation sites excluding steroid dienone is 1. The van der Waals surface area contributed by atoms with Crippen molar-refractivity contribution in [3.63, 3.8) is 0 Å². The SMILES string of the molecule is COc1ccc2ccccc2c1C1C(C(=O)[O-])=C(C)N=C2SC(c3c(Cl)cccc3Cl)=CN21.Cl.Cl. The van der Waals surface area contributed by atoms with Gasteiger partial charge in [-0.15, -0.1) is 24.8 Å². The normalized spacial score (nSPS) is 16.7. The van der Waals surface area contributed by atoms with Crippen LogP contribution in [-0.4, -0.2) is 23.1 Å². The summed E-state index contributed by atoms with van der Waals surface area (Å²) < 4.78 is 5.70. The van der Waals surface area contributed by atoms with Crippen LogP contribution in [0.15, 0.2) is 77.1 Å². The van der Waals surface area contributed by atoms with Crippen LogP contribution in [0.4, 0.5) is 0 Å². The van der Waals surface area contributed by atoms with E-state index in [4.69, 9.17) is 27.9 Å². The second-order valence-corrected chi connectivity index (χ2v) is 9.41. The van der Waals surface area contributed by atoms with Gasteiger partial charge in [-0.25, -0.2) is 4.99 Å². The van der Waals surface area contributed by atoms with Crippen LogP contribution in [0.5, 0.6) is 5.75 Å². The van der Waals surface area contributed by atoms with Crippen molar-refractivity contribution in [3.05, 3.63) is 93.2 Å². The Labute approximate surface area is 229 Å². The lowest BCUT2D eigenvalue weighted by atomic mass is 9.90. The summed E-state index contributed by atoms with van der Waals surface area (Å²) in [5.74, 6) is -0.702. The highest BCUT2D eigenvalue weighted by atomic mass is 35.5. The molecule has 0 fully saturated rings. The van der Waals surface area contributed by atoms with Crippen LogP contribution in [0.2, 0.25) is 10.0 Å². The number of thioether (sulfide) groups is 1. The molecule has 2 aliphatic heterocycles. The summed E-state index contributed by atoms with van der Waals surface area (Å²) in [6, 6.07) is 16.2. The Kier molecular flexibility index (Phi) is 8.35. The van der Waals surface area contributed by atoms with Crippen LogP contribution in [0.25, 0.3) is 15.7 Å². The number of amidine groups is 1. The molecule has 35 heavy (non-hydrogen) atoms. The summed E-state index contributed by atoms with van der Waals surface area (Å²) in [6.07, 6.45) is 1.85. The smallest absolute Gasteiger partial charge is 0.173 e. The van der Waals surface area contributed by atoms with Crippen LogP contribution in [0.1, 0.15) is 24.1 Å². The van der Waals surface area contributed by atoms with Crippen molar-refractivity contribution in [2.75, 3.05) is 7.11 Å². The zero-order chi connectivity index (χ0) is 23.3. The average molecular weight is 569 g/mol. The standard InChI is InChI=1S/C25H18Cl2N2O3S.2ClH/c1-13-20(24(30)31)23(21-15-7-4-3-6-14(15)10-11-18(21)32-2)29-12-19(33-25(29)28-13)22-16(26)8-5-9-17(22)27;;/h3-12,23H,1-2H3,(H,30,31);2*1H/p-1. The number of rotatable bonds is 4. The molecule has 10 heteroatoms. The fourth-order valence-electron chi connectivity index (χ4n) is 4.29. The van der Waals surface area contributed by atoms with Crippen LogP contribution in [-0.2, 0) is 4.79 Å². The molecular formula is C25H19Cl4N2O3S-. The van der Waals surface area contributed by atoms with Crippen molar-refractivity contribution in [1.29, 1.82) is 0 Å². The van der Waals surface area contributed by atoms with E-state index in [1.54, 1.807) is 32.2 Å². The Bertz CT molecular complexity index is 1400. The molecule has 0 saturated heterocycles. The molecule has 0 saturated carbocycles. The van der Waals surface area contributed by atoms with Gasteiger partial charge in [0.15, 0.2) is 5.17 Å². The van der Waals surface area contributed by atoms with Crippen LogP contribution < -0.4 is 9.84 Å². The van der Waals surface area contributed by atoms with E-state index in [1.165, 1.54) is 11.8 Å². The van der Waals surface area contributed by atoms with Crippen molar-refractivity contribution >= 4 is 86.6 Å².